The van der Waals surface area contributed by atoms with E-state index in [0.717, 1.165) is 24.9 Å². The molecule has 0 aromatic carbocycles. The highest BCUT2D eigenvalue weighted by Crippen LogP contribution is 2.54. The first-order chi connectivity index (χ1) is 12.1. The number of ether oxygens (including phenoxy) is 1. The highest BCUT2D eigenvalue weighted by molar-refractivity contribution is 5.76. The average molecular weight is 340 g/mol. The number of nitrogens with one attached hydrogen (secondary N) is 1. The summed E-state index contributed by atoms with van der Waals surface area (Å²) >= 11 is 0. The standard InChI is InChI=1S/C21H28N2O2/c1-14-5-3-7-21(2)10-19-16(9-18(14)21)17(20(24)25-19)13-23-12-15-6-4-8-22-11-15/h4,6,8,11,16-17,19,23H,3,5,7,9-10,12-13H2,1-2H3/t16-,17+,19-,21-/m1/s1. The molecule has 4 nitrogen and oxygen atoms in total. The van der Waals surface area contributed by atoms with Crippen LogP contribution in [-0.2, 0) is 16.1 Å². The normalized spacial score (nSPS) is 34.5. The molecule has 4 heteroatoms. The number of carbonyl (C=O) groups excluding carboxylic acids is 1. The number of carbonyl (C=O) groups is 1. The molecule has 2 aliphatic carbocycles. The van der Waals surface area contributed by atoms with Crippen molar-refractivity contribution in [3.8, 4) is 0 Å². The highest BCUT2D eigenvalue weighted by atomic mass is 16.6. The Balaban J connectivity index is 1.45. The summed E-state index contributed by atoms with van der Waals surface area (Å²) in [4.78, 5) is 16.6. The number of hydrogen-bond donors (Lipinski definition) is 1. The van der Waals surface area contributed by atoms with Crippen molar-refractivity contribution in [1.82, 2.24) is 10.3 Å². The zero-order valence-electron chi connectivity index (χ0n) is 15.3. The monoisotopic (exact) mass is 340 g/mol. The zero-order chi connectivity index (χ0) is 17.4. The highest BCUT2D eigenvalue weighted by Gasteiger charge is 2.52. The lowest BCUT2D eigenvalue weighted by Gasteiger charge is -2.45. The lowest BCUT2D eigenvalue weighted by atomic mass is 9.59. The van der Waals surface area contributed by atoms with Crippen molar-refractivity contribution in [3.63, 3.8) is 0 Å². The topological polar surface area (TPSA) is 51.2 Å². The van der Waals surface area contributed by atoms with Gasteiger partial charge < -0.3 is 10.1 Å². The van der Waals surface area contributed by atoms with Crippen LogP contribution in [0.3, 0.4) is 0 Å². The SMILES string of the molecule is CC1=C2C[C@@H]3[C@H](CNCc4cccnc4)C(=O)O[C@@H]3C[C@@]2(C)CCC1. The molecule has 2 heterocycles. The lowest BCUT2D eigenvalue weighted by molar-refractivity contribution is -0.145. The van der Waals surface area contributed by atoms with E-state index in [1.54, 1.807) is 17.3 Å². The molecule has 4 atom stereocenters. The van der Waals surface area contributed by atoms with Gasteiger partial charge in [0.1, 0.15) is 6.10 Å². The van der Waals surface area contributed by atoms with Gasteiger partial charge in [-0.3, -0.25) is 9.78 Å². The van der Waals surface area contributed by atoms with Gasteiger partial charge in [0, 0.05) is 31.4 Å². The first-order valence-electron chi connectivity index (χ1n) is 9.56. The second-order valence-electron chi connectivity index (χ2n) is 8.32. The summed E-state index contributed by atoms with van der Waals surface area (Å²) in [6.07, 6.45) is 9.54. The second-order valence-corrected chi connectivity index (χ2v) is 8.32. The molecule has 2 fully saturated rings. The largest absolute Gasteiger partial charge is 0.462 e. The Hall–Kier alpha value is -1.68. The Morgan fingerprint density at radius 3 is 3.12 bits per heavy atom. The summed E-state index contributed by atoms with van der Waals surface area (Å²) in [5.74, 6) is 0.313. The summed E-state index contributed by atoms with van der Waals surface area (Å²) in [5, 5.41) is 3.44. The Bertz CT molecular complexity index is 684. The van der Waals surface area contributed by atoms with Crippen molar-refractivity contribution in [2.45, 2.75) is 58.6 Å². The number of aromatic nitrogens is 1. The van der Waals surface area contributed by atoms with E-state index in [2.05, 4.69) is 30.2 Å². The second kappa shape index (κ2) is 6.56. The van der Waals surface area contributed by atoms with Crippen molar-refractivity contribution in [2.24, 2.45) is 17.3 Å². The molecule has 0 bridgehead atoms. The summed E-state index contributed by atoms with van der Waals surface area (Å²) in [6, 6.07) is 4.00. The summed E-state index contributed by atoms with van der Waals surface area (Å²) in [5.41, 5.74) is 4.58. The molecule has 4 rings (SSSR count). The molecule has 1 N–H and O–H groups in total. The van der Waals surface area contributed by atoms with E-state index in [1.807, 2.05) is 12.3 Å². The Kier molecular flexibility index (Phi) is 4.40. The van der Waals surface area contributed by atoms with E-state index in [-0.39, 0.29) is 23.4 Å². The zero-order valence-corrected chi connectivity index (χ0v) is 15.3. The van der Waals surface area contributed by atoms with Gasteiger partial charge in [0.2, 0.25) is 0 Å². The fourth-order valence-corrected chi connectivity index (χ4v) is 5.22. The smallest absolute Gasteiger partial charge is 0.310 e. The maximum atomic E-state index is 12.5. The molecule has 0 unspecified atom stereocenters. The Morgan fingerprint density at radius 1 is 1.44 bits per heavy atom. The van der Waals surface area contributed by atoms with Crippen LogP contribution in [0.5, 0.6) is 0 Å². The molecular formula is C21H28N2O2. The van der Waals surface area contributed by atoms with Crippen molar-refractivity contribution >= 4 is 5.97 Å². The predicted molar refractivity (Wildman–Crippen MR) is 96.7 cm³/mol. The molecular weight excluding hydrogens is 312 g/mol. The molecule has 0 radical (unpaired) electrons. The van der Waals surface area contributed by atoms with Gasteiger partial charge in [0.25, 0.3) is 0 Å². The molecule has 1 saturated carbocycles. The fraction of sp³-hybridized carbons (Fsp3) is 0.619. The van der Waals surface area contributed by atoms with Gasteiger partial charge in [-0.25, -0.2) is 0 Å². The summed E-state index contributed by atoms with van der Waals surface area (Å²) in [7, 11) is 0. The van der Waals surface area contributed by atoms with Crippen LogP contribution < -0.4 is 5.32 Å². The maximum Gasteiger partial charge on any atom is 0.310 e. The van der Waals surface area contributed by atoms with Gasteiger partial charge in [-0.1, -0.05) is 24.1 Å². The van der Waals surface area contributed by atoms with Gasteiger partial charge in [-0.2, -0.15) is 0 Å². The first-order valence-corrected chi connectivity index (χ1v) is 9.56. The molecule has 25 heavy (non-hydrogen) atoms. The van der Waals surface area contributed by atoms with Gasteiger partial charge in [-0.05, 0) is 56.1 Å². The van der Waals surface area contributed by atoms with Crippen LogP contribution in [0.4, 0.5) is 0 Å². The quantitative estimate of drug-likeness (QED) is 0.672. The maximum absolute atomic E-state index is 12.5. The first kappa shape index (κ1) is 16.8. The molecule has 1 aliphatic heterocycles. The Morgan fingerprint density at radius 2 is 2.32 bits per heavy atom. The molecule has 1 aromatic rings. The van der Waals surface area contributed by atoms with E-state index in [1.165, 1.54) is 19.3 Å². The molecule has 0 amide bonds. The minimum Gasteiger partial charge on any atom is -0.462 e. The number of allylic oxidation sites excluding steroid dienone is 2. The van der Waals surface area contributed by atoms with Gasteiger partial charge >= 0.3 is 5.97 Å². The number of pyridine rings is 1. The molecule has 3 aliphatic rings. The average Bonchev–Trinajstić information content (AvgIpc) is 2.88. The van der Waals surface area contributed by atoms with Crippen molar-refractivity contribution in [3.05, 3.63) is 41.2 Å². The van der Waals surface area contributed by atoms with Crippen molar-refractivity contribution < 1.29 is 9.53 Å². The number of fused-ring (bicyclic) bond motifs is 2. The molecule has 0 spiro atoms. The number of hydrogen-bond acceptors (Lipinski definition) is 4. The van der Waals surface area contributed by atoms with Crippen LogP contribution >= 0.6 is 0 Å². The fourth-order valence-electron chi connectivity index (χ4n) is 5.22. The number of rotatable bonds is 4. The number of nitrogens with zero attached hydrogens (tertiary/aromatic N) is 1. The van der Waals surface area contributed by atoms with Crippen LogP contribution in [0.2, 0.25) is 0 Å². The van der Waals surface area contributed by atoms with E-state index in [9.17, 15) is 4.79 Å². The van der Waals surface area contributed by atoms with E-state index >= 15 is 0 Å². The number of esters is 1. The molecule has 1 aromatic heterocycles. The summed E-state index contributed by atoms with van der Waals surface area (Å²) < 4.78 is 5.82. The van der Waals surface area contributed by atoms with Crippen LogP contribution in [0, 0.1) is 17.3 Å². The van der Waals surface area contributed by atoms with Gasteiger partial charge in [0.15, 0.2) is 0 Å². The van der Waals surface area contributed by atoms with E-state index in [4.69, 9.17) is 4.74 Å². The van der Waals surface area contributed by atoms with Crippen LogP contribution in [-0.4, -0.2) is 23.6 Å². The third kappa shape index (κ3) is 3.12. The predicted octanol–water partition coefficient (Wildman–Crippen LogP) is 3.63. The van der Waals surface area contributed by atoms with Gasteiger partial charge in [-0.15, -0.1) is 0 Å². The Labute approximate surface area is 150 Å². The van der Waals surface area contributed by atoms with Gasteiger partial charge in [0.05, 0.1) is 5.92 Å². The van der Waals surface area contributed by atoms with Crippen molar-refractivity contribution in [2.75, 3.05) is 6.54 Å². The summed E-state index contributed by atoms with van der Waals surface area (Å²) in [6.45, 7) is 6.11. The molecule has 134 valence electrons. The lowest BCUT2D eigenvalue weighted by Crippen LogP contribution is -2.40. The van der Waals surface area contributed by atoms with Crippen LogP contribution in [0.1, 0.15) is 51.5 Å². The van der Waals surface area contributed by atoms with Crippen LogP contribution in [0.15, 0.2) is 35.7 Å². The third-order valence-electron chi connectivity index (χ3n) is 6.60. The minimum atomic E-state index is -0.0200. The molecule has 1 saturated heterocycles. The van der Waals surface area contributed by atoms with E-state index in [0.29, 0.717) is 12.5 Å². The third-order valence-corrected chi connectivity index (χ3v) is 6.60. The minimum absolute atomic E-state index is 0.00538. The van der Waals surface area contributed by atoms with Crippen LogP contribution in [0.25, 0.3) is 0 Å². The van der Waals surface area contributed by atoms with E-state index < -0.39 is 0 Å². The van der Waals surface area contributed by atoms with Crippen molar-refractivity contribution in [1.29, 1.82) is 0 Å².